The quantitative estimate of drug-likeness (QED) is 0.566. The van der Waals surface area contributed by atoms with Crippen LogP contribution in [0.2, 0.25) is 0 Å². The molecule has 0 heterocycles. The number of aliphatic carboxylic acids is 1. The van der Waals surface area contributed by atoms with Crippen molar-refractivity contribution in [2.24, 2.45) is 11.7 Å². The van der Waals surface area contributed by atoms with Crippen LogP contribution in [0.3, 0.4) is 0 Å². The predicted molar refractivity (Wildman–Crippen MR) is 66.5 cm³/mol. The largest absolute Gasteiger partial charge is 0.481 e. The zero-order chi connectivity index (χ0) is 13.3. The average Bonchev–Trinajstić information content (AvgIpc) is 2.30. The summed E-state index contributed by atoms with van der Waals surface area (Å²) in [7, 11) is 0. The van der Waals surface area contributed by atoms with Crippen LogP contribution in [0, 0.1) is 5.92 Å². The number of unbranched alkanes of at least 4 members (excludes halogenated alkanes) is 1. The molecule has 0 aliphatic rings. The summed E-state index contributed by atoms with van der Waals surface area (Å²) in [4.78, 5) is 21.9. The number of amides is 1. The Balaban J connectivity index is 3.71. The van der Waals surface area contributed by atoms with Crippen molar-refractivity contribution in [3.63, 3.8) is 0 Å². The Hall–Kier alpha value is -1.10. The molecule has 0 rings (SSSR count). The third-order valence-corrected chi connectivity index (χ3v) is 2.68. The second-order valence-electron chi connectivity index (χ2n) is 4.53. The standard InChI is InChI=1S/C12H24N2O3/c1-3-4-5-10(13)12(17)14-8-9(2)6-7-11(15)16/h9-10H,3-8,13H2,1-2H3,(H,14,17)(H,15,16)/t9?,10-/m0/s1. The molecule has 5 nitrogen and oxygen atoms in total. The summed E-state index contributed by atoms with van der Waals surface area (Å²) in [5.41, 5.74) is 5.71. The Labute approximate surface area is 103 Å². The molecule has 0 bridgehead atoms. The highest BCUT2D eigenvalue weighted by Crippen LogP contribution is 2.04. The van der Waals surface area contributed by atoms with Crippen molar-refractivity contribution >= 4 is 11.9 Å². The second-order valence-corrected chi connectivity index (χ2v) is 4.53. The van der Waals surface area contributed by atoms with E-state index in [4.69, 9.17) is 10.8 Å². The lowest BCUT2D eigenvalue weighted by atomic mass is 10.1. The summed E-state index contributed by atoms with van der Waals surface area (Å²) in [5.74, 6) is -0.781. The number of carboxylic acid groups (broad SMARTS) is 1. The molecule has 0 saturated heterocycles. The van der Waals surface area contributed by atoms with Gasteiger partial charge in [0, 0.05) is 13.0 Å². The van der Waals surface area contributed by atoms with Crippen molar-refractivity contribution in [2.75, 3.05) is 6.54 Å². The van der Waals surface area contributed by atoms with Gasteiger partial charge in [-0.25, -0.2) is 0 Å². The molecule has 1 amide bonds. The summed E-state index contributed by atoms with van der Waals surface area (Å²) in [6, 6.07) is -0.443. The van der Waals surface area contributed by atoms with E-state index in [1.165, 1.54) is 0 Å². The van der Waals surface area contributed by atoms with E-state index in [1.54, 1.807) is 0 Å². The Morgan fingerprint density at radius 2 is 2.00 bits per heavy atom. The van der Waals surface area contributed by atoms with Gasteiger partial charge < -0.3 is 16.2 Å². The minimum absolute atomic E-state index is 0.138. The first kappa shape index (κ1) is 15.9. The van der Waals surface area contributed by atoms with Gasteiger partial charge in [0.15, 0.2) is 0 Å². The Kier molecular flexibility index (Phi) is 8.40. The number of hydrogen-bond acceptors (Lipinski definition) is 3. The van der Waals surface area contributed by atoms with E-state index in [9.17, 15) is 9.59 Å². The van der Waals surface area contributed by atoms with Crippen LogP contribution in [0.1, 0.15) is 46.0 Å². The van der Waals surface area contributed by atoms with Gasteiger partial charge in [0.1, 0.15) is 0 Å². The van der Waals surface area contributed by atoms with Crippen LogP contribution in [0.4, 0.5) is 0 Å². The van der Waals surface area contributed by atoms with Crippen molar-refractivity contribution in [3.05, 3.63) is 0 Å². The lowest BCUT2D eigenvalue weighted by Gasteiger charge is -2.15. The third-order valence-electron chi connectivity index (χ3n) is 2.68. The molecule has 0 aromatic carbocycles. The molecule has 0 spiro atoms. The fourth-order valence-corrected chi connectivity index (χ4v) is 1.43. The second kappa shape index (κ2) is 8.98. The van der Waals surface area contributed by atoms with Crippen LogP contribution in [-0.2, 0) is 9.59 Å². The lowest BCUT2D eigenvalue weighted by molar-refractivity contribution is -0.137. The molecule has 0 fully saturated rings. The molecule has 0 saturated carbocycles. The molecule has 0 aliphatic heterocycles. The van der Waals surface area contributed by atoms with Crippen LogP contribution in [0.25, 0.3) is 0 Å². The molecule has 1 unspecified atom stereocenters. The van der Waals surface area contributed by atoms with E-state index in [2.05, 4.69) is 12.2 Å². The normalized spacial score (nSPS) is 14.1. The fourth-order valence-electron chi connectivity index (χ4n) is 1.43. The molecule has 0 aliphatic carbocycles. The number of hydrogen-bond donors (Lipinski definition) is 3. The monoisotopic (exact) mass is 244 g/mol. The van der Waals surface area contributed by atoms with Gasteiger partial charge in [0.2, 0.25) is 5.91 Å². The van der Waals surface area contributed by atoms with Gasteiger partial charge in [0.25, 0.3) is 0 Å². The summed E-state index contributed by atoms with van der Waals surface area (Å²) >= 11 is 0. The zero-order valence-corrected chi connectivity index (χ0v) is 10.7. The van der Waals surface area contributed by atoms with E-state index in [1.807, 2.05) is 6.92 Å². The molecular formula is C12H24N2O3. The molecule has 5 heteroatoms. The molecular weight excluding hydrogens is 220 g/mol. The van der Waals surface area contributed by atoms with Crippen LogP contribution >= 0.6 is 0 Å². The van der Waals surface area contributed by atoms with E-state index >= 15 is 0 Å². The minimum atomic E-state index is -0.803. The van der Waals surface area contributed by atoms with E-state index < -0.39 is 12.0 Å². The maximum absolute atomic E-state index is 11.5. The van der Waals surface area contributed by atoms with Gasteiger partial charge in [-0.2, -0.15) is 0 Å². The van der Waals surface area contributed by atoms with Gasteiger partial charge >= 0.3 is 5.97 Å². The summed E-state index contributed by atoms with van der Waals surface area (Å²) in [6.07, 6.45) is 3.38. The van der Waals surface area contributed by atoms with Crippen molar-refractivity contribution in [1.82, 2.24) is 5.32 Å². The molecule has 0 aromatic rings. The first-order valence-electron chi connectivity index (χ1n) is 6.22. The molecule has 0 aromatic heterocycles. The Morgan fingerprint density at radius 1 is 1.35 bits per heavy atom. The number of carbonyl (C=O) groups is 2. The summed E-state index contributed by atoms with van der Waals surface area (Å²) < 4.78 is 0. The van der Waals surface area contributed by atoms with Gasteiger partial charge in [-0.15, -0.1) is 0 Å². The van der Waals surface area contributed by atoms with Crippen LogP contribution < -0.4 is 11.1 Å². The number of nitrogens with two attached hydrogens (primary N) is 1. The maximum atomic E-state index is 11.5. The van der Waals surface area contributed by atoms with E-state index in [0.29, 0.717) is 19.4 Å². The minimum Gasteiger partial charge on any atom is -0.481 e. The number of carboxylic acids is 1. The highest BCUT2D eigenvalue weighted by molar-refractivity contribution is 5.81. The first-order chi connectivity index (χ1) is 7.97. The van der Waals surface area contributed by atoms with Gasteiger partial charge in [-0.3, -0.25) is 9.59 Å². The smallest absolute Gasteiger partial charge is 0.303 e. The molecule has 100 valence electrons. The summed E-state index contributed by atoms with van der Waals surface area (Å²) in [5, 5.41) is 11.3. The molecule has 4 N–H and O–H groups in total. The Morgan fingerprint density at radius 3 is 2.53 bits per heavy atom. The topological polar surface area (TPSA) is 92.4 Å². The lowest BCUT2D eigenvalue weighted by Crippen LogP contribution is -2.42. The average molecular weight is 244 g/mol. The first-order valence-corrected chi connectivity index (χ1v) is 6.22. The number of carbonyl (C=O) groups excluding carboxylic acids is 1. The van der Waals surface area contributed by atoms with Crippen molar-refractivity contribution in [2.45, 2.75) is 52.0 Å². The number of nitrogens with one attached hydrogen (secondary N) is 1. The van der Waals surface area contributed by atoms with Gasteiger partial charge in [0.05, 0.1) is 6.04 Å². The third kappa shape index (κ3) is 8.68. The Bertz CT molecular complexity index is 244. The van der Waals surface area contributed by atoms with Crippen LogP contribution in [0.5, 0.6) is 0 Å². The highest BCUT2D eigenvalue weighted by atomic mass is 16.4. The summed E-state index contributed by atoms with van der Waals surface area (Å²) in [6.45, 7) is 4.46. The van der Waals surface area contributed by atoms with E-state index in [-0.39, 0.29) is 18.2 Å². The van der Waals surface area contributed by atoms with Crippen LogP contribution in [0.15, 0.2) is 0 Å². The van der Waals surface area contributed by atoms with Crippen LogP contribution in [-0.4, -0.2) is 29.6 Å². The molecule has 17 heavy (non-hydrogen) atoms. The maximum Gasteiger partial charge on any atom is 0.303 e. The van der Waals surface area contributed by atoms with E-state index in [0.717, 1.165) is 12.8 Å². The van der Waals surface area contributed by atoms with Gasteiger partial charge in [-0.05, 0) is 18.8 Å². The zero-order valence-electron chi connectivity index (χ0n) is 10.7. The predicted octanol–water partition coefficient (Wildman–Crippen LogP) is 1.12. The number of rotatable bonds is 9. The molecule has 2 atom stereocenters. The van der Waals surface area contributed by atoms with Crippen molar-refractivity contribution in [3.8, 4) is 0 Å². The molecule has 0 radical (unpaired) electrons. The fraction of sp³-hybridized carbons (Fsp3) is 0.833. The van der Waals surface area contributed by atoms with Gasteiger partial charge in [-0.1, -0.05) is 26.7 Å². The van der Waals surface area contributed by atoms with Crippen molar-refractivity contribution < 1.29 is 14.7 Å². The highest BCUT2D eigenvalue weighted by Gasteiger charge is 2.13. The van der Waals surface area contributed by atoms with Crippen molar-refractivity contribution in [1.29, 1.82) is 0 Å². The SMILES string of the molecule is CCCC[C@H](N)C(=O)NCC(C)CCC(=O)O.